The Morgan fingerprint density at radius 1 is 0.459 bits per heavy atom. The SMILES string of the molecule is CC1=Cc2c(-c3ccccc3C)cccc2C1[Si](C)(C)C1C(C)=Cc2c(-c3ccccc3C)cccc21. The molecule has 4 aromatic carbocycles. The number of hydrogen-bond acceptors (Lipinski definition) is 0. The first-order valence-electron chi connectivity index (χ1n) is 13.5. The Balaban J connectivity index is 1.47. The molecule has 2 atom stereocenters. The van der Waals surface area contributed by atoms with Gasteiger partial charge in [0, 0.05) is 11.1 Å². The van der Waals surface area contributed by atoms with Crippen molar-refractivity contribution in [1.82, 2.24) is 0 Å². The quantitative estimate of drug-likeness (QED) is 0.247. The van der Waals surface area contributed by atoms with Crippen LogP contribution in [0, 0.1) is 13.8 Å². The van der Waals surface area contributed by atoms with E-state index in [0.29, 0.717) is 11.1 Å². The van der Waals surface area contributed by atoms with Gasteiger partial charge in [0.05, 0.1) is 8.07 Å². The Kier molecular flexibility index (Phi) is 5.73. The van der Waals surface area contributed by atoms with Crippen molar-refractivity contribution in [3.05, 3.63) is 129 Å². The van der Waals surface area contributed by atoms with E-state index in [1.165, 1.54) is 66.8 Å². The number of fused-ring (bicyclic) bond motifs is 2. The van der Waals surface area contributed by atoms with Crippen LogP contribution in [0.15, 0.2) is 96.1 Å². The molecule has 0 saturated carbocycles. The zero-order chi connectivity index (χ0) is 25.9. The Morgan fingerprint density at radius 3 is 1.24 bits per heavy atom. The number of rotatable bonds is 4. The zero-order valence-electron chi connectivity index (χ0n) is 22.9. The van der Waals surface area contributed by atoms with Gasteiger partial charge in [-0.2, -0.15) is 0 Å². The van der Waals surface area contributed by atoms with E-state index in [0.717, 1.165) is 0 Å². The third-order valence-corrected chi connectivity index (χ3v) is 13.4. The van der Waals surface area contributed by atoms with E-state index in [2.05, 4.69) is 138 Å². The molecule has 0 spiro atoms. The Morgan fingerprint density at radius 2 is 0.838 bits per heavy atom. The van der Waals surface area contributed by atoms with Gasteiger partial charge < -0.3 is 0 Å². The molecule has 0 radical (unpaired) electrons. The summed E-state index contributed by atoms with van der Waals surface area (Å²) < 4.78 is 0. The van der Waals surface area contributed by atoms with Crippen molar-refractivity contribution >= 4 is 20.2 Å². The smallest absolute Gasteiger partial charge is 0.0679 e. The van der Waals surface area contributed by atoms with Crippen LogP contribution in [0.3, 0.4) is 0 Å². The van der Waals surface area contributed by atoms with E-state index >= 15 is 0 Å². The molecule has 1 heteroatoms. The summed E-state index contributed by atoms with van der Waals surface area (Å²) in [4.78, 5) is 0. The van der Waals surface area contributed by atoms with Crippen LogP contribution in [0.5, 0.6) is 0 Å². The van der Waals surface area contributed by atoms with Gasteiger partial charge in [-0.25, -0.2) is 0 Å². The number of allylic oxidation sites excluding steroid dienone is 2. The topological polar surface area (TPSA) is 0 Å². The molecular weight excluding hydrogens is 460 g/mol. The summed E-state index contributed by atoms with van der Waals surface area (Å²) in [6, 6.07) is 31.6. The lowest BCUT2D eigenvalue weighted by Gasteiger charge is -2.39. The molecule has 184 valence electrons. The van der Waals surface area contributed by atoms with Crippen molar-refractivity contribution in [1.29, 1.82) is 0 Å². The van der Waals surface area contributed by atoms with Crippen LogP contribution in [-0.4, -0.2) is 8.07 Å². The minimum atomic E-state index is -1.88. The molecule has 37 heavy (non-hydrogen) atoms. The van der Waals surface area contributed by atoms with Crippen molar-refractivity contribution < 1.29 is 0 Å². The summed E-state index contributed by atoms with van der Waals surface area (Å²) in [6.45, 7) is 14.5. The highest BCUT2D eigenvalue weighted by Crippen LogP contribution is 2.54. The summed E-state index contributed by atoms with van der Waals surface area (Å²) in [6.07, 6.45) is 4.99. The number of benzene rings is 4. The lowest BCUT2D eigenvalue weighted by Crippen LogP contribution is -2.42. The molecule has 6 rings (SSSR count). The van der Waals surface area contributed by atoms with Crippen LogP contribution >= 0.6 is 0 Å². The molecule has 0 aromatic heterocycles. The fraction of sp³-hybridized carbons (Fsp3) is 0.222. The largest absolute Gasteiger partial charge is 0.0722 e. The number of hydrogen-bond donors (Lipinski definition) is 0. The minimum Gasteiger partial charge on any atom is -0.0679 e. The molecular formula is C36H36Si. The second-order valence-electron chi connectivity index (χ2n) is 11.7. The summed E-state index contributed by atoms with van der Waals surface area (Å²) >= 11 is 0. The minimum absolute atomic E-state index is 0.507. The van der Waals surface area contributed by atoms with Gasteiger partial charge in [0.25, 0.3) is 0 Å². The third-order valence-electron chi connectivity index (χ3n) is 8.91. The van der Waals surface area contributed by atoms with E-state index in [-0.39, 0.29) is 0 Å². The Bertz CT molecular complexity index is 1480. The van der Waals surface area contributed by atoms with E-state index < -0.39 is 8.07 Å². The lowest BCUT2D eigenvalue weighted by molar-refractivity contribution is 0.968. The first-order valence-corrected chi connectivity index (χ1v) is 16.7. The molecule has 0 amide bonds. The molecule has 0 saturated heterocycles. The highest BCUT2D eigenvalue weighted by Gasteiger charge is 2.47. The van der Waals surface area contributed by atoms with Crippen LogP contribution in [0.25, 0.3) is 34.4 Å². The first kappa shape index (κ1) is 23.9. The summed E-state index contributed by atoms with van der Waals surface area (Å²) in [5, 5.41) is 0. The third kappa shape index (κ3) is 3.71. The van der Waals surface area contributed by atoms with Crippen molar-refractivity contribution in [3.8, 4) is 22.3 Å². The molecule has 0 heterocycles. The normalized spacial score (nSPS) is 18.3. The maximum atomic E-state index is 2.63. The molecule has 0 bridgehead atoms. The highest BCUT2D eigenvalue weighted by molar-refractivity contribution is 6.81. The highest BCUT2D eigenvalue weighted by atomic mass is 28.3. The van der Waals surface area contributed by atoms with Gasteiger partial charge in [-0.3, -0.25) is 0 Å². The summed E-state index contributed by atoms with van der Waals surface area (Å²) in [5.41, 5.74) is 18.2. The molecule has 4 aromatic rings. The molecule has 0 nitrogen and oxygen atoms in total. The molecule has 2 aliphatic carbocycles. The first-order chi connectivity index (χ1) is 17.8. The van der Waals surface area contributed by atoms with Crippen LogP contribution in [-0.2, 0) is 0 Å². The van der Waals surface area contributed by atoms with Gasteiger partial charge in [0.2, 0.25) is 0 Å². The summed E-state index contributed by atoms with van der Waals surface area (Å²) in [5.74, 6) is 0. The van der Waals surface area contributed by atoms with E-state index in [1.807, 2.05) is 0 Å². The predicted molar refractivity (Wildman–Crippen MR) is 163 cm³/mol. The fourth-order valence-electron chi connectivity index (χ4n) is 7.47. The van der Waals surface area contributed by atoms with Crippen LogP contribution in [0.1, 0.15) is 58.3 Å². The molecule has 0 fully saturated rings. The van der Waals surface area contributed by atoms with Crippen LogP contribution in [0.4, 0.5) is 0 Å². The van der Waals surface area contributed by atoms with Gasteiger partial charge >= 0.3 is 0 Å². The van der Waals surface area contributed by atoms with Crippen molar-refractivity contribution in [2.75, 3.05) is 0 Å². The maximum absolute atomic E-state index is 2.63. The second kappa shape index (κ2) is 8.85. The van der Waals surface area contributed by atoms with Gasteiger partial charge in [0.1, 0.15) is 0 Å². The predicted octanol–water partition coefficient (Wildman–Crippen LogP) is 10.1. The van der Waals surface area contributed by atoms with Crippen LogP contribution in [0.2, 0.25) is 13.1 Å². The van der Waals surface area contributed by atoms with Gasteiger partial charge in [0.15, 0.2) is 0 Å². The van der Waals surface area contributed by atoms with Gasteiger partial charge in [-0.15, -0.1) is 0 Å². The van der Waals surface area contributed by atoms with Crippen molar-refractivity contribution in [2.24, 2.45) is 0 Å². The maximum Gasteiger partial charge on any atom is 0.0722 e. The molecule has 2 unspecified atom stereocenters. The van der Waals surface area contributed by atoms with Crippen LogP contribution < -0.4 is 0 Å². The second-order valence-corrected chi connectivity index (χ2v) is 16.5. The van der Waals surface area contributed by atoms with Crippen molar-refractivity contribution in [2.45, 2.75) is 51.9 Å². The Labute approximate surface area is 223 Å². The molecule has 0 aliphatic heterocycles. The molecule has 0 N–H and O–H groups in total. The van der Waals surface area contributed by atoms with E-state index in [1.54, 1.807) is 0 Å². The van der Waals surface area contributed by atoms with Gasteiger partial charge in [-0.1, -0.05) is 121 Å². The number of aryl methyl sites for hydroxylation is 2. The monoisotopic (exact) mass is 496 g/mol. The average Bonchev–Trinajstić information content (AvgIpc) is 3.41. The zero-order valence-corrected chi connectivity index (χ0v) is 23.9. The lowest BCUT2D eigenvalue weighted by atomic mass is 9.94. The standard InChI is InChI=1S/C36H36Si/c1-23-13-7-9-15-27(23)29-17-11-19-31-33(29)21-25(3)35(31)37(5,6)36-26(4)22-34-30(18-12-20-32(34)36)28-16-10-8-14-24(28)2/h7-22,35-36H,1-6H3. The summed E-state index contributed by atoms with van der Waals surface area (Å²) in [7, 11) is -1.88. The van der Waals surface area contributed by atoms with Crippen molar-refractivity contribution in [3.63, 3.8) is 0 Å². The molecule has 2 aliphatic rings. The Hall–Kier alpha value is -3.42. The van der Waals surface area contributed by atoms with Gasteiger partial charge in [-0.05, 0) is 83.3 Å². The fourth-order valence-corrected chi connectivity index (χ4v) is 12.4. The van der Waals surface area contributed by atoms with E-state index in [4.69, 9.17) is 0 Å². The van der Waals surface area contributed by atoms with E-state index in [9.17, 15) is 0 Å². The average molecular weight is 497 g/mol.